The van der Waals surface area contributed by atoms with Crippen molar-refractivity contribution >= 4 is 41.8 Å². The Morgan fingerprint density at radius 1 is 0.909 bits per heavy atom. The third kappa shape index (κ3) is 38.4. The number of hydrogen-bond donors (Lipinski definition) is 2. The minimum Gasteiger partial charge on any atom is -0.467 e. The van der Waals surface area contributed by atoms with E-state index in [4.69, 9.17) is 4.74 Å². The summed E-state index contributed by atoms with van der Waals surface area (Å²) in [5.41, 5.74) is 0.537. The van der Waals surface area contributed by atoms with Crippen LogP contribution in [0.25, 0.3) is 0 Å². The summed E-state index contributed by atoms with van der Waals surface area (Å²) in [6, 6.07) is -0.757. The summed E-state index contributed by atoms with van der Waals surface area (Å²) in [5, 5.41) is 5.41. The first kappa shape index (κ1) is 51.9. The van der Waals surface area contributed by atoms with Crippen LogP contribution in [0.1, 0.15) is 177 Å². The van der Waals surface area contributed by atoms with Gasteiger partial charge in [0, 0.05) is 24.0 Å². The van der Waals surface area contributed by atoms with Crippen molar-refractivity contribution in [1.82, 2.24) is 10.3 Å². The van der Waals surface area contributed by atoms with Gasteiger partial charge in [0.25, 0.3) is 5.91 Å². The van der Waals surface area contributed by atoms with E-state index in [1.54, 1.807) is 5.38 Å². The monoisotopic (exact) mass is 664 g/mol. The van der Waals surface area contributed by atoms with Crippen LogP contribution in [0, 0.1) is 5.41 Å². The lowest BCUT2D eigenvalue weighted by molar-refractivity contribution is -0.152. The third-order valence-electron chi connectivity index (χ3n) is 4.34. The lowest BCUT2D eigenvalue weighted by Gasteiger charge is -2.17. The molecule has 264 valence electrons. The Bertz CT molecular complexity index is 786. The second kappa shape index (κ2) is 32.8. The second-order valence-corrected chi connectivity index (χ2v) is 13.5. The number of unbranched alkanes of at least 4 members (excludes halogenated alkanes) is 2. The van der Waals surface area contributed by atoms with Crippen LogP contribution in [-0.2, 0) is 19.1 Å². The van der Waals surface area contributed by atoms with E-state index in [0.29, 0.717) is 17.0 Å². The van der Waals surface area contributed by atoms with Gasteiger partial charge in [0.15, 0.2) is 0 Å². The van der Waals surface area contributed by atoms with E-state index in [9.17, 15) is 14.4 Å². The minimum absolute atomic E-state index is 0.186. The Morgan fingerprint density at radius 3 is 1.59 bits per heavy atom. The van der Waals surface area contributed by atoms with E-state index in [1.165, 1.54) is 44.6 Å². The van der Waals surface area contributed by atoms with Gasteiger partial charge in [-0.25, -0.2) is 9.78 Å². The molecule has 1 heterocycles. The Morgan fingerprint density at radius 2 is 1.32 bits per heavy atom. The molecule has 0 radical (unpaired) electrons. The van der Waals surface area contributed by atoms with Crippen LogP contribution in [0.2, 0.25) is 0 Å². The van der Waals surface area contributed by atoms with E-state index >= 15 is 0 Å². The van der Waals surface area contributed by atoms with Crippen LogP contribution >= 0.6 is 24.0 Å². The summed E-state index contributed by atoms with van der Waals surface area (Å²) in [6.07, 6.45) is 8.10. The maximum atomic E-state index is 12.3. The number of ether oxygens (including phenoxy) is 2. The quantitative estimate of drug-likeness (QED) is 0.181. The number of thiazole rings is 1. The summed E-state index contributed by atoms with van der Waals surface area (Å²) < 4.78 is 9.45. The largest absolute Gasteiger partial charge is 0.467 e. The molecule has 1 aromatic rings. The lowest BCUT2D eigenvalue weighted by atomic mass is 9.97. The van der Waals surface area contributed by atoms with E-state index in [0.717, 1.165) is 30.7 Å². The van der Waals surface area contributed by atoms with E-state index in [1.807, 2.05) is 48.5 Å². The number of rotatable bonds is 11. The molecule has 7 nitrogen and oxygen atoms in total. The standard InChI is InChI=1S/C17H28N2O3S2.C6H12O2.C5H12.C3H8.2C2H6/c1-4-6-8-12(9-7-5-2)16-19-14(11-24-16)15(20)18-13(10-23)17(21)22-3;1-5(7)8-6(2,3)4;1-5(2,3)4;1-3-2;2*1-2/h11-13,23H,4-10H2,1-3H3,(H,18,20);1-4H3;1-4H3;3H2,1-2H3;2*1-2H3. The molecule has 1 aromatic heterocycles. The first-order valence-electron chi connectivity index (χ1n) is 16.5. The summed E-state index contributed by atoms with van der Waals surface area (Å²) in [4.78, 5) is 38.6. The number of carbonyl (C=O) groups is 3. The molecule has 44 heavy (non-hydrogen) atoms. The smallest absolute Gasteiger partial charge is 0.329 e. The van der Waals surface area contributed by atoms with Crippen molar-refractivity contribution in [1.29, 1.82) is 0 Å². The van der Waals surface area contributed by atoms with E-state index in [2.05, 4.69) is 83.1 Å². The van der Waals surface area contributed by atoms with Gasteiger partial charge in [-0.2, -0.15) is 12.6 Å². The van der Waals surface area contributed by atoms with Gasteiger partial charge in [0.1, 0.15) is 17.3 Å². The highest BCUT2D eigenvalue weighted by atomic mass is 32.1. The predicted molar refractivity (Wildman–Crippen MR) is 196 cm³/mol. The number of nitrogens with zero attached hydrogens (tertiary/aromatic N) is 1. The van der Waals surface area contributed by atoms with Crippen LogP contribution in [-0.4, -0.2) is 47.3 Å². The Balaban J connectivity index is -0.000000207. The maximum Gasteiger partial charge on any atom is 0.329 e. The molecule has 0 aliphatic carbocycles. The van der Waals surface area contributed by atoms with Crippen molar-refractivity contribution < 1.29 is 23.9 Å². The first-order valence-corrected chi connectivity index (χ1v) is 18.1. The van der Waals surface area contributed by atoms with Crippen LogP contribution in [0.4, 0.5) is 0 Å². The van der Waals surface area contributed by atoms with Crippen molar-refractivity contribution in [2.75, 3.05) is 12.9 Å². The number of aromatic nitrogens is 1. The van der Waals surface area contributed by atoms with Gasteiger partial charge in [-0.15, -0.1) is 11.3 Å². The number of hydrogen-bond acceptors (Lipinski definition) is 8. The molecule has 0 fully saturated rings. The zero-order valence-corrected chi connectivity index (χ0v) is 33.4. The molecule has 1 amide bonds. The molecular weight excluding hydrogens is 593 g/mol. The molecule has 1 rings (SSSR count). The molecule has 9 heteroatoms. The van der Waals surface area contributed by atoms with Crippen molar-refractivity contribution in [3.8, 4) is 0 Å². The zero-order chi connectivity index (χ0) is 35.9. The second-order valence-electron chi connectivity index (χ2n) is 12.2. The number of methoxy groups -OCH3 is 1. The number of amides is 1. The maximum absolute atomic E-state index is 12.3. The average molecular weight is 665 g/mol. The predicted octanol–water partition coefficient (Wildman–Crippen LogP) is 10.7. The third-order valence-corrected chi connectivity index (χ3v) is 5.71. The number of esters is 2. The first-order chi connectivity index (χ1) is 20.4. The summed E-state index contributed by atoms with van der Waals surface area (Å²) >= 11 is 5.61. The molecule has 0 saturated carbocycles. The van der Waals surface area contributed by atoms with Gasteiger partial charge in [-0.1, -0.05) is 115 Å². The fourth-order valence-corrected chi connectivity index (χ4v) is 4.07. The minimum atomic E-state index is -0.757. The molecule has 0 spiro atoms. The zero-order valence-electron chi connectivity index (χ0n) is 31.7. The number of thiol groups is 1. The van der Waals surface area contributed by atoms with Gasteiger partial charge in [-0.3, -0.25) is 9.59 Å². The molecule has 0 saturated heterocycles. The van der Waals surface area contributed by atoms with Crippen LogP contribution < -0.4 is 5.32 Å². The highest BCUT2D eigenvalue weighted by Gasteiger charge is 2.23. The molecule has 0 aliphatic heterocycles. The Kier molecular flexibility index (Phi) is 38.7. The fourth-order valence-electron chi connectivity index (χ4n) is 2.86. The molecule has 1 atom stereocenters. The van der Waals surface area contributed by atoms with Gasteiger partial charge >= 0.3 is 11.9 Å². The number of nitrogens with one attached hydrogen (secondary N) is 1. The van der Waals surface area contributed by atoms with Crippen molar-refractivity contribution in [3.05, 3.63) is 16.1 Å². The van der Waals surface area contributed by atoms with Gasteiger partial charge < -0.3 is 14.8 Å². The molecular formula is C35H72N2O5S2. The normalized spacial score (nSPS) is 10.7. The van der Waals surface area contributed by atoms with Crippen LogP contribution in [0.15, 0.2) is 5.38 Å². The highest BCUT2D eigenvalue weighted by Crippen LogP contribution is 2.30. The number of carbonyl (C=O) groups excluding carboxylic acids is 3. The summed E-state index contributed by atoms with van der Waals surface area (Å²) in [7, 11) is 1.29. The van der Waals surface area contributed by atoms with Gasteiger partial charge in [-0.05, 0) is 39.0 Å². The van der Waals surface area contributed by atoms with E-state index in [-0.39, 0.29) is 23.2 Å². The Labute approximate surface area is 282 Å². The van der Waals surface area contributed by atoms with Crippen LogP contribution in [0.5, 0.6) is 0 Å². The summed E-state index contributed by atoms with van der Waals surface area (Å²) in [6.45, 7) is 32.3. The van der Waals surface area contributed by atoms with Crippen LogP contribution in [0.3, 0.4) is 0 Å². The molecule has 0 aliphatic rings. The topological polar surface area (TPSA) is 94.6 Å². The lowest BCUT2D eigenvalue weighted by Crippen LogP contribution is -2.43. The average Bonchev–Trinajstić information content (AvgIpc) is 3.42. The fraction of sp³-hybridized carbons (Fsp3) is 0.829. The SMILES string of the molecule is CC.CC.CC(=O)OC(C)(C)C.CC(C)(C)C.CCC.CCCCC(CCCC)c1nc(C(=O)NC(CS)C(=O)OC)cs1. The van der Waals surface area contributed by atoms with Crippen molar-refractivity contribution in [3.63, 3.8) is 0 Å². The highest BCUT2D eigenvalue weighted by molar-refractivity contribution is 7.80. The Hall–Kier alpha value is -1.61. The summed E-state index contributed by atoms with van der Waals surface area (Å²) in [5.74, 6) is -0.482. The van der Waals surface area contributed by atoms with E-state index < -0.39 is 12.0 Å². The molecule has 1 unspecified atom stereocenters. The molecule has 0 aromatic carbocycles. The van der Waals surface area contributed by atoms with Crippen molar-refractivity contribution in [2.24, 2.45) is 5.41 Å². The van der Waals surface area contributed by atoms with Gasteiger partial charge in [0.2, 0.25) is 0 Å². The van der Waals surface area contributed by atoms with Gasteiger partial charge in [0.05, 0.1) is 12.1 Å². The molecule has 1 N–H and O–H groups in total. The molecule has 0 bridgehead atoms. The van der Waals surface area contributed by atoms with Crippen molar-refractivity contribution in [2.45, 2.75) is 173 Å².